The number of hydrogen-bond donors (Lipinski definition) is 0. The van der Waals surface area contributed by atoms with Crippen LogP contribution in [0.3, 0.4) is 0 Å². The maximum atomic E-state index is 12.3. The van der Waals surface area contributed by atoms with Gasteiger partial charge in [0.05, 0.1) is 0 Å². The van der Waals surface area contributed by atoms with E-state index in [0.717, 1.165) is 11.1 Å². The molecule has 0 atom stereocenters. The molecule has 2 aromatic rings. The highest BCUT2D eigenvalue weighted by molar-refractivity contribution is 6.09. The summed E-state index contributed by atoms with van der Waals surface area (Å²) in [4.78, 5) is 12.3. The van der Waals surface area contributed by atoms with Crippen LogP contribution in [0.5, 0.6) is 5.75 Å². The van der Waals surface area contributed by atoms with Gasteiger partial charge in [-0.1, -0.05) is 17.2 Å². The topological polar surface area (TPSA) is 26.3 Å². The van der Waals surface area contributed by atoms with Crippen molar-refractivity contribution in [2.75, 3.05) is 0 Å². The van der Waals surface area contributed by atoms with Gasteiger partial charge in [-0.15, -0.1) is 0 Å². The van der Waals surface area contributed by atoms with Crippen LogP contribution in [-0.2, 0) is 0 Å². The lowest BCUT2D eigenvalue weighted by atomic mass is 9.99. The molecule has 2 nitrogen and oxygen atoms in total. The highest BCUT2D eigenvalue weighted by Gasteiger charge is 2.11. The van der Waals surface area contributed by atoms with Crippen molar-refractivity contribution in [1.29, 1.82) is 0 Å². The second-order valence-corrected chi connectivity index (χ2v) is 4.61. The fourth-order valence-corrected chi connectivity index (χ4v) is 2.06. The van der Waals surface area contributed by atoms with Gasteiger partial charge in [0.15, 0.2) is 5.78 Å². The number of halogens is 2. The van der Waals surface area contributed by atoms with Gasteiger partial charge in [-0.2, -0.15) is 8.78 Å². The van der Waals surface area contributed by atoms with Crippen molar-refractivity contribution < 1.29 is 18.3 Å². The maximum absolute atomic E-state index is 12.3. The van der Waals surface area contributed by atoms with E-state index in [0.29, 0.717) is 11.1 Å². The predicted molar refractivity (Wildman–Crippen MR) is 72.4 cm³/mol. The summed E-state index contributed by atoms with van der Waals surface area (Å²) in [7, 11) is 0. The van der Waals surface area contributed by atoms with E-state index in [9.17, 15) is 13.6 Å². The van der Waals surface area contributed by atoms with Crippen LogP contribution in [0.1, 0.15) is 27.0 Å². The van der Waals surface area contributed by atoms with Crippen molar-refractivity contribution >= 4 is 5.78 Å². The fraction of sp³-hybridized carbons (Fsp3) is 0.188. The minimum atomic E-state index is -2.86. The van der Waals surface area contributed by atoms with Crippen LogP contribution in [0.25, 0.3) is 0 Å². The number of rotatable bonds is 4. The minimum absolute atomic E-state index is 0.0389. The third kappa shape index (κ3) is 3.41. The van der Waals surface area contributed by atoms with E-state index < -0.39 is 6.61 Å². The Hall–Kier alpha value is -2.23. The molecule has 0 aliphatic carbocycles. The number of aryl methyl sites for hydroxylation is 2. The molecule has 4 heteroatoms. The van der Waals surface area contributed by atoms with Crippen molar-refractivity contribution in [3.05, 3.63) is 64.7 Å². The molecule has 0 spiro atoms. The minimum Gasteiger partial charge on any atom is -0.435 e. The molecule has 0 aliphatic heterocycles. The second-order valence-electron chi connectivity index (χ2n) is 4.61. The van der Waals surface area contributed by atoms with E-state index in [1.807, 2.05) is 19.9 Å². The van der Waals surface area contributed by atoms with Gasteiger partial charge in [0.1, 0.15) is 5.75 Å². The molecular weight excluding hydrogens is 262 g/mol. The van der Waals surface area contributed by atoms with Gasteiger partial charge in [0, 0.05) is 11.1 Å². The number of alkyl halides is 2. The molecule has 0 fully saturated rings. The van der Waals surface area contributed by atoms with E-state index in [-0.39, 0.29) is 11.5 Å². The first-order valence-corrected chi connectivity index (χ1v) is 6.13. The molecule has 0 saturated carbocycles. The molecule has 104 valence electrons. The Balaban J connectivity index is 2.24. The van der Waals surface area contributed by atoms with Crippen LogP contribution in [0.4, 0.5) is 8.78 Å². The van der Waals surface area contributed by atoms with Crippen LogP contribution in [0.2, 0.25) is 0 Å². The molecule has 0 aromatic heterocycles. The van der Waals surface area contributed by atoms with Crippen LogP contribution in [0.15, 0.2) is 42.5 Å². The first-order valence-electron chi connectivity index (χ1n) is 6.13. The Kier molecular flexibility index (Phi) is 4.13. The van der Waals surface area contributed by atoms with E-state index in [4.69, 9.17) is 0 Å². The zero-order valence-corrected chi connectivity index (χ0v) is 11.2. The molecule has 0 unspecified atom stereocenters. The van der Waals surface area contributed by atoms with E-state index in [1.54, 1.807) is 12.1 Å². The van der Waals surface area contributed by atoms with Gasteiger partial charge >= 0.3 is 6.61 Å². The smallest absolute Gasteiger partial charge is 0.387 e. The Bertz CT molecular complexity index is 599. The number of ether oxygens (including phenoxy) is 1. The van der Waals surface area contributed by atoms with Crippen LogP contribution in [-0.4, -0.2) is 12.4 Å². The van der Waals surface area contributed by atoms with Gasteiger partial charge in [0.25, 0.3) is 0 Å². The zero-order chi connectivity index (χ0) is 14.7. The normalized spacial score (nSPS) is 10.7. The summed E-state index contributed by atoms with van der Waals surface area (Å²) in [5.74, 6) is -0.0997. The molecule has 2 aromatic carbocycles. The van der Waals surface area contributed by atoms with Crippen LogP contribution >= 0.6 is 0 Å². The third-order valence-electron chi connectivity index (χ3n) is 2.83. The lowest BCUT2D eigenvalue weighted by Gasteiger charge is -2.07. The third-order valence-corrected chi connectivity index (χ3v) is 2.83. The monoisotopic (exact) mass is 276 g/mol. The number of carbonyl (C=O) groups is 1. The second kappa shape index (κ2) is 5.82. The summed E-state index contributed by atoms with van der Waals surface area (Å²) >= 11 is 0. The molecule has 0 heterocycles. The highest BCUT2D eigenvalue weighted by Crippen LogP contribution is 2.18. The summed E-state index contributed by atoms with van der Waals surface area (Å²) in [6.07, 6.45) is 0. The summed E-state index contributed by atoms with van der Waals surface area (Å²) in [6, 6.07) is 11.3. The van der Waals surface area contributed by atoms with Gasteiger partial charge < -0.3 is 4.74 Å². The quantitative estimate of drug-likeness (QED) is 0.785. The first kappa shape index (κ1) is 14.2. The molecule has 0 aliphatic rings. The maximum Gasteiger partial charge on any atom is 0.387 e. The van der Waals surface area contributed by atoms with Crippen molar-refractivity contribution in [2.45, 2.75) is 20.5 Å². The highest BCUT2D eigenvalue weighted by atomic mass is 19.3. The SMILES string of the molecule is Cc1cc(C)cc(C(=O)c2ccc(OC(F)F)cc2)c1. The standard InChI is InChI=1S/C16H14F2O2/c1-10-7-11(2)9-13(8-10)15(19)12-3-5-14(6-4-12)20-16(17)18/h3-9,16H,1-2H3. The van der Waals surface area contributed by atoms with Crippen molar-refractivity contribution in [2.24, 2.45) is 0 Å². The van der Waals surface area contributed by atoms with E-state index in [1.165, 1.54) is 24.3 Å². The molecule has 0 saturated heterocycles. The van der Waals surface area contributed by atoms with E-state index >= 15 is 0 Å². The van der Waals surface area contributed by atoms with Gasteiger partial charge in [-0.25, -0.2) is 0 Å². The fourth-order valence-electron chi connectivity index (χ4n) is 2.06. The molecular formula is C16H14F2O2. The number of carbonyl (C=O) groups excluding carboxylic acids is 1. The average molecular weight is 276 g/mol. The van der Waals surface area contributed by atoms with Crippen molar-refractivity contribution in [3.63, 3.8) is 0 Å². The zero-order valence-electron chi connectivity index (χ0n) is 11.2. The summed E-state index contributed by atoms with van der Waals surface area (Å²) in [5.41, 5.74) is 3.04. The molecule has 0 amide bonds. The largest absolute Gasteiger partial charge is 0.435 e. The first-order chi connectivity index (χ1) is 9.45. The average Bonchev–Trinajstić information content (AvgIpc) is 2.37. The summed E-state index contributed by atoms with van der Waals surface area (Å²) < 4.78 is 28.3. The molecule has 0 N–H and O–H groups in total. The number of benzene rings is 2. The summed E-state index contributed by atoms with van der Waals surface area (Å²) in [5, 5.41) is 0. The summed E-state index contributed by atoms with van der Waals surface area (Å²) in [6.45, 7) is 0.975. The molecule has 2 rings (SSSR count). The Morgan fingerprint density at radius 3 is 2.00 bits per heavy atom. The van der Waals surface area contributed by atoms with Crippen LogP contribution in [0, 0.1) is 13.8 Å². The number of hydrogen-bond acceptors (Lipinski definition) is 2. The lowest BCUT2D eigenvalue weighted by molar-refractivity contribution is -0.0498. The Morgan fingerprint density at radius 2 is 1.50 bits per heavy atom. The molecule has 20 heavy (non-hydrogen) atoms. The van der Waals surface area contributed by atoms with Gasteiger partial charge in [-0.05, 0) is 50.2 Å². The molecule has 0 radical (unpaired) electrons. The molecule has 0 bridgehead atoms. The Labute approximate surface area is 116 Å². The van der Waals surface area contributed by atoms with Crippen molar-refractivity contribution in [1.82, 2.24) is 0 Å². The Morgan fingerprint density at radius 1 is 0.950 bits per heavy atom. The number of ketones is 1. The van der Waals surface area contributed by atoms with Gasteiger partial charge in [-0.3, -0.25) is 4.79 Å². The lowest BCUT2D eigenvalue weighted by Crippen LogP contribution is -2.04. The predicted octanol–water partition coefficient (Wildman–Crippen LogP) is 4.14. The van der Waals surface area contributed by atoms with E-state index in [2.05, 4.69) is 4.74 Å². The van der Waals surface area contributed by atoms with Crippen molar-refractivity contribution in [3.8, 4) is 5.75 Å². The van der Waals surface area contributed by atoms with Crippen LogP contribution < -0.4 is 4.74 Å². The van der Waals surface area contributed by atoms with Gasteiger partial charge in [0.2, 0.25) is 0 Å².